The first-order chi connectivity index (χ1) is 7.69. The third-order valence-electron chi connectivity index (χ3n) is 2.13. The van der Waals surface area contributed by atoms with Crippen LogP contribution in [-0.2, 0) is 0 Å². The lowest BCUT2D eigenvalue weighted by molar-refractivity contribution is 0.0243. The lowest BCUT2D eigenvalue weighted by Crippen LogP contribution is -2.21. The van der Waals surface area contributed by atoms with Crippen LogP contribution >= 0.6 is 11.8 Å². The lowest BCUT2D eigenvalue weighted by Gasteiger charge is -2.16. The largest absolute Gasteiger partial charge is 0.390 e. The van der Waals surface area contributed by atoms with E-state index < -0.39 is 12.2 Å². The molecule has 6 heteroatoms. The zero-order chi connectivity index (χ0) is 12.0. The van der Waals surface area contributed by atoms with Crippen molar-refractivity contribution in [2.75, 3.05) is 12.8 Å². The Kier molecular flexibility index (Phi) is 5.14. The van der Waals surface area contributed by atoms with E-state index in [1.54, 1.807) is 23.9 Å². The van der Waals surface area contributed by atoms with Crippen LogP contribution < -0.4 is 0 Å². The van der Waals surface area contributed by atoms with Gasteiger partial charge in [0.15, 0.2) is 0 Å². The summed E-state index contributed by atoms with van der Waals surface area (Å²) in [5.74, 6) is 0. The summed E-state index contributed by atoms with van der Waals surface area (Å²) in [5.41, 5.74) is 8.73. The zero-order valence-corrected chi connectivity index (χ0v) is 9.63. The molecule has 0 aliphatic carbocycles. The van der Waals surface area contributed by atoms with E-state index in [1.807, 2.05) is 18.4 Å². The van der Waals surface area contributed by atoms with Gasteiger partial charge < -0.3 is 10.2 Å². The molecule has 1 aromatic carbocycles. The normalized spacial score (nSPS) is 13.9. The van der Waals surface area contributed by atoms with E-state index in [0.717, 1.165) is 4.90 Å². The van der Waals surface area contributed by atoms with Crippen molar-refractivity contribution >= 4 is 11.8 Å². The second kappa shape index (κ2) is 6.40. The molecule has 2 atom stereocenters. The van der Waals surface area contributed by atoms with Gasteiger partial charge in [0.2, 0.25) is 0 Å². The van der Waals surface area contributed by atoms with Gasteiger partial charge in [-0.05, 0) is 29.5 Å². The maximum atomic E-state index is 9.79. The summed E-state index contributed by atoms with van der Waals surface area (Å²) in [6, 6.07) is 7.25. The van der Waals surface area contributed by atoms with Gasteiger partial charge in [0.1, 0.15) is 6.10 Å². The fourth-order valence-electron chi connectivity index (χ4n) is 1.27. The minimum atomic E-state index is -1.08. The highest BCUT2D eigenvalue weighted by molar-refractivity contribution is 7.98. The number of nitrogens with zero attached hydrogens (tertiary/aromatic N) is 3. The topological polar surface area (TPSA) is 89.2 Å². The molecular weight excluding hydrogens is 226 g/mol. The van der Waals surface area contributed by atoms with E-state index in [0.29, 0.717) is 5.56 Å². The summed E-state index contributed by atoms with van der Waals surface area (Å²) in [5, 5.41) is 22.6. The van der Waals surface area contributed by atoms with Crippen molar-refractivity contribution in [3.8, 4) is 0 Å². The fraction of sp³-hybridized carbons (Fsp3) is 0.400. The number of aliphatic hydroxyl groups is 2. The summed E-state index contributed by atoms with van der Waals surface area (Å²) in [7, 11) is 0. The van der Waals surface area contributed by atoms with Crippen molar-refractivity contribution in [3.05, 3.63) is 40.3 Å². The fourth-order valence-corrected chi connectivity index (χ4v) is 1.74. The Morgan fingerprint density at radius 3 is 2.88 bits per heavy atom. The molecule has 0 amide bonds. The highest BCUT2D eigenvalue weighted by atomic mass is 32.2. The molecule has 0 aliphatic rings. The van der Waals surface area contributed by atoms with Gasteiger partial charge in [0.05, 0.1) is 12.6 Å². The molecule has 0 bridgehead atoms. The Hall–Kier alpha value is -1.20. The Bertz CT molecular complexity index is 393. The van der Waals surface area contributed by atoms with Crippen LogP contribution in [-0.4, -0.2) is 29.1 Å². The highest BCUT2D eigenvalue weighted by Crippen LogP contribution is 2.22. The predicted octanol–water partition coefficient (Wildman–Crippen LogP) is 2.11. The summed E-state index contributed by atoms with van der Waals surface area (Å²) in [6.45, 7) is -0.138. The maximum absolute atomic E-state index is 9.79. The van der Waals surface area contributed by atoms with E-state index in [-0.39, 0.29) is 6.54 Å². The number of hydrogen-bond acceptors (Lipinski definition) is 4. The number of azide groups is 1. The summed E-state index contributed by atoms with van der Waals surface area (Å²) >= 11 is 1.56. The standard InChI is InChI=1S/C10H13N3O2S/c1-16-8-4-2-3-7(5-8)10(15)9(14)6-12-13-11/h2-5,9-10,14-15H,6H2,1H3. The van der Waals surface area contributed by atoms with E-state index >= 15 is 0 Å². The maximum Gasteiger partial charge on any atom is 0.105 e. The van der Waals surface area contributed by atoms with Crippen LogP contribution in [0.2, 0.25) is 0 Å². The smallest absolute Gasteiger partial charge is 0.105 e. The van der Waals surface area contributed by atoms with Crippen LogP contribution in [0.4, 0.5) is 0 Å². The molecule has 0 radical (unpaired) electrons. The second-order valence-corrected chi connectivity index (χ2v) is 4.08. The van der Waals surface area contributed by atoms with E-state index in [9.17, 15) is 10.2 Å². The van der Waals surface area contributed by atoms with E-state index in [4.69, 9.17) is 5.53 Å². The molecule has 2 N–H and O–H groups in total. The SMILES string of the molecule is CSc1cccc(C(O)C(O)CN=[N+]=[N-])c1. The van der Waals surface area contributed by atoms with Gasteiger partial charge in [-0.25, -0.2) is 0 Å². The van der Waals surface area contributed by atoms with Crippen molar-refractivity contribution in [3.63, 3.8) is 0 Å². The van der Waals surface area contributed by atoms with Gasteiger partial charge in [-0.1, -0.05) is 17.2 Å². The molecule has 16 heavy (non-hydrogen) atoms. The van der Waals surface area contributed by atoms with Gasteiger partial charge in [0.25, 0.3) is 0 Å². The van der Waals surface area contributed by atoms with Gasteiger partial charge in [-0.15, -0.1) is 11.8 Å². The monoisotopic (exact) mass is 239 g/mol. The Morgan fingerprint density at radius 2 is 2.25 bits per heavy atom. The third-order valence-corrected chi connectivity index (χ3v) is 2.86. The first kappa shape index (κ1) is 12.9. The van der Waals surface area contributed by atoms with Crippen molar-refractivity contribution in [2.45, 2.75) is 17.1 Å². The van der Waals surface area contributed by atoms with Gasteiger partial charge in [-0.3, -0.25) is 0 Å². The minimum Gasteiger partial charge on any atom is -0.390 e. The molecule has 5 nitrogen and oxygen atoms in total. The number of aliphatic hydroxyl groups excluding tert-OH is 2. The number of rotatable bonds is 5. The van der Waals surface area contributed by atoms with Crippen LogP contribution in [0, 0.1) is 0 Å². The number of benzene rings is 1. The average Bonchev–Trinajstić information content (AvgIpc) is 2.35. The molecule has 0 aromatic heterocycles. The zero-order valence-electron chi connectivity index (χ0n) is 8.82. The molecule has 86 valence electrons. The first-order valence-electron chi connectivity index (χ1n) is 4.70. The molecule has 0 saturated heterocycles. The van der Waals surface area contributed by atoms with Crippen molar-refractivity contribution in [1.29, 1.82) is 0 Å². The molecule has 0 aliphatic heterocycles. The minimum absolute atomic E-state index is 0.138. The summed E-state index contributed by atoms with van der Waals surface area (Å²) in [6.07, 6.45) is -0.173. The van der Waals surface area contributed by atoms with Crippen LogP contribution in [0.25, 0.3) is 10.4 Å². The van der Waals surface area contributed by atoms with Crippen LogP contribution in [0.1, 0.15) is 11.7 Å². The van der Waals surface area contributed by atoms with Gasteiger partial charge in [-0.2, -0.15) is 0 Å². The molecule has 0 spiro atoms. The molecule has 0 heterocycles. The number of thioether (sulfide) groups is 1. The molecule has 0 saturated carbocycles. The van der Waals surface area contributed by atoms with E-state index in [2.05, 4.69) is 10.0 Å². The first-order valence-corrected chi connectivity index (χ1v) is 5.92. The summed E-state index contributed by atoms with van der Waals surface area (Å²) in [4.78, 5) is 3.54. The molecule has 1 rings (SSSR count). The van der Waals surface area contributed by atoms with Crippen LogP contribution in [0.15, 0.2) is 34.3 Å². The van der Waals surface area contributed by atoms with Crippen LogP contribution in [0.5, 0.6) is 0 Å². The predicted molar refractivity (Wildman–Crippen MR) is 63.2 cm³/mol. The van der Waals surface area contributed by atoms with E-state index in [1.165, 1.54) is 0 Å². The van der Waals surface area contributed by atoms with Crippen molar-refractivity contribution in [2.24, 2.45) is 5.11 Å². The lowest BCUT2D eigenvalue weighted by atomic mass is 10.0. The molecular formula is C10H13N3O2S. The van der Waals surface area contributed by atoms with Crippen molar-refractivity contribution in [1.82, 2.24) is 0 Å². The van der Waals surface area contributed by atoms with Gasteiger partial charge in [0, 0.05) is 9.81 Å². The Morgan fingerprint density at radius 1 is 1.50 bits per heavy atom. The Labute approximate surface area is 97.7 Å². The molecule has 1 aromatic rings. The Balaban J connectivity index is 2.78. The average molecular weight is 239 g/mol. The third kappa shape index (κ3) is 3.43. The van der Waals surface area contributed by atoms with Crippen LogP contribution in [0.3, 0.4) is 0 Å². The second-order valence-electron chi connectivity index (χ2n) is 3.20. The molecule has 0 fully saturated rings. The number of hydrogen-bond donors (Lipinski definition) is 2. The summed E-state index contributed by atoms with van der Waals surface area (Å²) < 4.78 is 0. The molecule has 2 unspecified atom stereocenters. The van der Waals surface area contributed by atoms with Gasteiger partial charge >= 0.3 is 0 Å². The van der Waals surface area contributed by atoms with Crippen molar-refractivity contribution < 1.29 is 10.2 Å². The highest BCUT2D eigenvalue weighted by Gasteiger charge is 2.17. The quantitative estimate of drug-likeness (QED) is 0.357.